The maximum Gasteiger partial charge on any atom is 0.152 e. The van der Waals surface area contributed by atoms with Gasteiger partial charge in [0, 0.05) is 18.6 Å². The highest BCUT2D eigenvalue weighted by Crippen LogP contribution is 2.29. The molecule has 18 heavy (non-hydrogen) atoms. The topological polar surface area (TPSA) is 63.4 Å². The average Bonchev–Trinajstić information content (AvgIpc) is 2.80. The fourth-order valence-electron chi connectivity index (χ4n) is 2.62. The number of hydrogen-bond acceptors (Lipinski definition) is 5. The number of thiophene rings is 1. The quantitative estimate of drug-likeness (QED) is 0.901. The monoisotopic (exact) mass is 288 g/mol. The van der Waals surface area contributed by atoms with Crippen LogP contribution in [0.4, 0.5) is 0 Å². The SMILES string of the molecule is CN(Cc1ccsc1)C1(CN)CCCS(=O)(=O)C1. The normalized spacial score (nSPS) is 27.5. The molecule has 1 aliphatic rings. The summed E-state index contributed by atoms with van der Waals surface area (Å²) in [6, 6.07) is 2.07. The summed E-state index contributed by atoms with van der Waals surface area (Å²) in [5.41, 5.74) is 6.72. The molecule has 0 radical (unpaired) electrons. The van der Waals surface area contributed by atoms with Crippen molar-refractivity contribution in [1.29, 1.82) is 0 Å². The zero-order valence-corrected chi connectivity index (χ0v) is 12.3. The van der Waals surface area contributed by atoms with Gasteiger partial charge >= 0.3 is 0 Å². The Morgan fingerprint density at radius 3 is 2.89 bits per heavy atom. The van der Waals surface area contributed by atoms with Crippen molar-refractivity contribution in [3.8, 4) is 0 Å². The van der Waals surface area contributed by atoms with Crippen LogP contribution in [-0.4, -0.2) is 44.0 Å². The maximum atomic E-state index is 11.9. The van der Waals surface area contributed by atoms with E-state index in [1.165, 1.54) is 5.56 Å². The highest BCUT2D eigenvalue weighted by atomic mass is 32.2. The Balaban J connectivity index is 2.16. The van der Waals surface area contributed by atoms with Crippen molar-refractivity contribution in [3.05, 3.63) is 22.4 Å². The summed E-state index contributed by atoms with van der Waals surface area (Å²) >= 11 is 1.66. The van der Waals surface area contributed by atoms with E-state index < -0.39 is 9.84 Å². The van der Waals surface area contributed by atoms with Crippen LogP contribution in [0.1, 0.15) is 18.4 Å². The Morgan fingerprint density at radius 1 is 1.56 bits per heavy atom. The van der Waals surface area contributed by atoms with Crippen LogP contribution >= 0.6 is 11.3 Å². The predicted octanol–water partition coefficient (Wildman–Crippen LogP) is 1.09. The minimum atomic E-state index is -2.95. The van der Waals surface area contributed by atoms with E-state index in [0.29, 0.717) is 18.7 Å². The first-order valence-corrected chi connectivity index (χ1v) is 8.87. The zero-order valence-electron chi connectivity index (χ0n) is 10.6. The summed E-state index contributed by atoms with van der Waals surface area (Å²) in [6.45, 7) is 1.16. The second-order valence-electron chi connectivity index (χ2n) is 5.11. The lowest BCUT2D eigenvalue weighted by Gasteiger charge is -2.43. The Bertz CT molecular complexity index is 484. The van der Waals surface area contributed by atoms with Gasteiger partial charge in [0.2, 0.25) is 0 Å². The molecule has 1 fully saturated rings. The molecule has 1 aromatic rings. The van der Waals surface area contributed by atoms with Gasteiger partial charge < -0.3 is 5.73 Å². The molecular weight excluding hydrogens is 268 g/mol. The lowest BCUT2D eigenvalue weighted by Crippen LogP contribution is -2.58. The van der Waals surface area contributed by atoms with Crippen molar-refractivity contribution < 1.29 is 8.42 Å². The lowest BCUT2D eigenvalue weighted by atomic mass is 9.93. The van der Waals surface area contributed by atoms with Crippen molar-refractivity contribution in [3.63, 3.8) is 0 Å². The van der Waals surface area contributed by atoms with Crippen molar-refractivity contribution >= 4 is 21.2 Å². The fourth-order valence-corrected chi connectivity index (χ4v) is 5.31. The van der Waals surface area contributed by atoms with E-state index >= 15 is 0 Å². The molecule has 0 spiro atoms. The first kappa shape index (κ1) is 14.0. The zero-order chi connectivity index (χ0) is 13.2. The largest absolute Gasteiger partial charge is 0.329 e. The molecule has 1 atom stereocenters. The summed E-state index contributed by atoms with van der Waals surface area (Å²) in [4.78, 5) is 2.12. The summed E-state index contributed by atoms with van der Waals surface area (Å²) in [5, 5.41) is 4.13. The van der Waals surface area contributed by atoms with Gasteiger partial charge in [-0.25, -0.2) is 8.42 Å². The van der Waals surface area contributed by atoms with Gasteiger partial charge in [0.1, 0.15) is 0 Å². The summed E-state index contributed by atoms with van der Waals surface area (Å²) in [6.07, 6.45) is 1.58. The van der Waals surface area contributed by atoms with Crippen molar-refractivity contribution in [2.75, 3.05) is 25.1 Å². The molecular formula is C12H20N2O2S2. The van der Waals surface area contributed by atoms with E-state index in [1.54, 1.807) is 11.3 Å². The third-order valence-corrected chi connectivity index (χ3v) is 6.40. The van der Waals surface area contributed by atoms with E-state index in [4.69, 9.17) is 5.73 Å². The van der Waals surface area contributed by atoms with Gasteiger partial charge in [-0.05, 0) is 42.3 Å². The Morgan fingerprint density at radius 2 is 2.33 bits per heavy atom. The van der Waals surface area contributed by atoms with E-state index in [1.807, 2.05) is 12.4 Å². The van der Waals surface area contributed by atoms with Crippen molar-refractivity contribution in [2.24, 2.45) is 5.73 Å². The van der Waals surface area contributed by atoms with E-state index in [-0.39, 0.29) is 11.3 Å². The molecule has 6 heteroatoms. The van der Waals surface area contributed by atoms with Gasteiger partial charge in [0.05, 0.1) is 11.5 Å². The molecule has 0 aliphatic carbocycles. The predicted molar refractivity (Wildman–Crippen MR) is 75.5 cm³/mol. The molecule has 0 aromatic carbocycles. The van der Waals surface area contributed by atoms with Crippen LogP contribution in [0.5, 0.6) is 0 Å². The van der Waals surface area contributed by atoms with E-state index in [0.717, 1.165) is 13.0 Å². The third kappa shape index (κ3) is 2.93. The Hall–Kier alpha value is -0.430. The summed E-state index contributed by atoms with van der Waals surface area (Å²) < 4.78 is 23.7. The van der Waals surface area contributed by atoms with Gasteiger partial charge in [0.25, 0.3) is 0 Å². The van der Waals surface area contributed by atoms with Crippen LogP contribution in [0.3, 0.4) is 0 Å². The first-order chi connectivity index (χ1) is 8.47. The highest BCUT2D eigenvalue weighted by Gasteiger charge is 2.41. The average molecular weight is 288 g/mol. The van der Waals surface area contributed by atoms with Crippen LogP contribution in [0.15, 0.2) is 16.8 Å². The van der Waals surface area contributed by atoms with E-state index in [2.05, 4.69) is 16.3 Å². The Labute approximate surface area is 113 Å². The van der Waals surface area contributed by atoms with Gasteiger partial charge in [-0.15, -0.1) is 0 Å². The smallest absolute Gasteiger partial charge is 0.152 e. The molecule has 1 saturated heterocycles. The Kier molecular flexibility index (Phi) is 4.11. The second-order valence-corrected chi connectivity index (χ2v) is 8.08. The molecule has 0 amide bonds. The molecule has 0 saturated carbocycles. The van der Waals surface area contributed by atoms with Crippen LogP contribution in [0, 0.1) is 0 Å². The van der Waals surface area contributed by atoms with Crippen LogP contribution in [-0.2, 0) is 16.4 Å². The van der Waals surface area contributed by atoms with Gasteiger partial charge in [0.15, 0.2) is 9.84 Å². The van der Waals surface area contributed by atoms with Crippen molar-refractivity contribution in [2.45, 2.75) is 24.9 Å². The van der Waals surface area contributed by atoms with Crippen LogP contribution < -0.4 is 5.73 Å². The summed E-state index contributed by atoms with van der Waals surface area (Å²) in [7, 11) is -0.968. The van der Waals surface area contributed by atoms with E-state index in [9.17, 15) is 8.42 Å². The number of sulfone groups is 1. The number of nitrogens with zero attached hydrogens (tertiary/aromatic N) is 1. The number of hydrogen-bond donors (Lipinski definition) is 1. The third-order valence-electron chi connectivity index (χ3n) is 3.78. The lowest BCUT2D eigenvalue weighted by molar-refractivity contribution is 0.124. The van der Waals surface area contributed by atoms with Gasteiger partial charge in [-0.1, -0.05) is 0 Å². The van der Waals surface area contributed by atoms with Crippen molar-refractivity contribution in [1.82, 2.24) is 4.90 Å². The van der Waals surface area contributed by atoms with Gasteiger partial charge in [-0.2, -0.15) is 11.3 Å². The molecule has 1 unspecified atom stereocenters. The minimum Gasteiger partial charge on any atom is -0.329 e. The molecule has 4 nitrogen and oxygen atoms in total. The minimum absolute atomic E-state index is 0.192. The molecule has 2 rings (SSSR count). The molecule has 102 valence electrons. The number of nitrogens with two attached hydrogens (primary N) is 1. The standard InChI is InChI=1S/C12H20N2O2S2/c1-14(7-11-3-5-17-8-11)12(9-13)4-2-6-18(15,16)10-12/h3,5,8H,2,4,6-7,9-10,13H2,1H3. The molecule has 1 aliphatic heterocycles. The molecule has 0 bridgehead atoms. The van der Waals surface area contributed by atoms with Crippen LogP contribution in [0.25, 0.3) is 0 Å². The number of likely N-dealkylation sites (N-methyl/N-ethyl adjacent to an activating group) is 1. The fraction of sp³-hybridized carbons (Fsp3) is 0.667. The number of rotatable bonds is 4. The second kappa shape index (κ2) is 5.28. The maximum absolute atomic E-state index is 11.9. The summed E-state index contributed by atoms with van der Waals surface area (Å²) in [5.74, 6) is 0.498. The van der Waals surface area contributed by atoms with Crippen LogP contribution in [0.2, 0.25) is 0 Å². The highest BCUT2D eigenvalue weighted by molar-refractivity contribution is 7.91. The van der Waals surface area contributed by atoms with Gasteiger partial charge in [-0.3, -0.25) is 4.90 Å². The molecule has 2 heterocycles. The first-order valence-electron chi connectivity index (χ1n) is 6.10. The molecule has 1 aromatic heterocycles. The molecule has 2 N–H and O–H groups in total.